The third kappa shape index (κ3) is 9.84. The fourth-order valence-corrected chi connectivity index (χ4v) is 6.79. The predicted molar refractivity (Wildman–Crippen MR) is 195 cm³/mol. The maximum absolute atomic E-state index is 14.3. The van der Waals surface area contributed by atoms with Crippen LogP contribution in [-0.2, 0) is 17.6 Å². The van der Waals surface area contributed by atoms with E-state index in [4.69, 9.17) is 23.2 Å². The lowest BCUT2D eigenvalue weighted by Gasteiger charge is -2.42. The molecule has 1 saturated heterocycles. The maximum Gasteiger partial charge on any atom is 0.245 e. The van der Waals surface area contributed by atoms with Gasteiger partial charge in [-0.25, -0.2) is 0 Å². The molecule has 3 aromatic carbocycles. The summed E-state index contributed by atoms with van der Waals surface area (Å²) in [6, 6.07) is 24.4. The number of carbonyl (C=O) groups is 1. The number of carbonyl (C=O) groups excluding carboxylic acids is 1. The molecule has 1 heterocycles. The third-order valence-electron chi connectivity index (χ3n) is 9.61. The van der Waals surface area contributed by atoms with Gasteiger partial charge in [0.05, 0.1) is 0 Å². The number of nitrogens with one attached hydrogen (secondary N) is 1. The van der Waals surface area contributed by atoms with E-state index in [0.717, 1.165) is 55.4 Å². The molecule has 5 nitrogen and oxygen atoms in total. The zero-order valence-corrected chi connectivity index (χ0v) is 29.8. The zero-order chi connectivity index (χ0) is 33.2. The summed E-state index contributed by atoms with van der Waals surface area (Å²) >= 11 is 12.4. The first kappa shape index (κ1) is 36.0. The largest absolute Gasteiger partial charge is 0.377 e. The molecule has 1 N–H and O–H groups in total. The fourth-order valence-electron chi connectivity index (χ4n) is 6.54. The average molecular weight is 664 g/mol. The molecule has 1 fully saturated rings. The lowest BCUT2D eigenvalue weighted by atomic mass is 9.85. The van der Waals surface area contributed by atoms with E-state index in [9.17, 15) is 4.79 Å². The van der Waals surface area contributed by atoms with E-state index in [0.29, 0.717) is 30.5 Å². The van der Waals surface area contributed by atoms with Crippen LogP contribution in [0.4, 0.5) is 0 Å². The highest BCUT2D eigenvalue weighted by atomic mass is 35.5. The quantitative estimate of drug-likeness (QED) is 0.179. The zero-order valence-electron chi connectivity index (χ0n) is 28.3. The molecule has 3 aromatic rings. The van der Waals surface area contributed by atoms with Gasteiger partial charge >= 0.3 is 0 Å². The molecule has 0 spiro atoms. The topological polar surface area (TPSA) is 38.8 Å². The van der Waals surface area contributed by atoms with E-state index < -0.39 is 6.04 Å². The standard InChI is InChI=1S/C39H52Cl2N4O/c1-7-43(8-2)27-38(32-15-19-35(41)20-16-32)44-21-23-45(24-22-44)39(46)37(25-31-13-17-34(40)18-14-31)42-30(6)36(28(3)4)26-33-12-10-9-11-29(33)5/h9-20,28,36-38,42H,6-8,21-27H2,1-5H3. The van der Waals surface area contributed by atoms with Crippen molar-refractivity contribution in [3.05, 3.63) is 117 Å². The molecule has 248 valence electrons. The SMILES string of the molecule is C=C(NC(Cc1ccc(Cl)cc1)C(=O)N1CCN(C(CN(CC)CC)c2ccc(Cl)cc2)CC1)C(Cc1ccccc1C)C(C)C. The van der Waals surface area contributed by atoms with Crippen molar-refractivity contribution in [2.24, 2.45) is 11.8 Å². The molecule has 0 bridgehead atoms. The van der Waals surface area contributed by atoms with Crippen LogP contribution in [0, 0.1) is 18.8 Å². The van der Waals surface area contributed by atoms with Crippen LogP contribution in [0.25, 0.3) is 0 Å². The van der Waals surface area contributed by atoms with E-state index in [1.165, 1.54) is 16.7 Å². The van der Waals surface area contributed by atoms with Crippen molar-refractivity contribution in [3.8, 4) is 0 Å². The van der Waals surface area contributed by atoms with Crippen molar-refractivity contribution >= 4 is 29.1 Å². The number of piperazine rings is 1. The van der Waals surface area contributed by atoms with Crippen LogP contribution in [0.3, 0.4) is 0 Å². The summed E-state index contributed by atoms with van der Waals surface area (Å²) in [7, 11) is 0. The monoisotopic (exact) mass is 662 g/mol. The molecule has 46 heavy (non-hydrogen) atoms. The molecule has 0 saturated carbocycles. The Hall–Kier alpha value is -2.83. The Balaban J connectivity index is 1.51. The molecule has 1 aliphatic rings. The summed E-state index contributed by atoms with van der Waals surface area (Å²) in [5.41, 5.74) is 5.87. The van der Waals surface area contributed by atoms with Gasteiger partial charge in [-0.15, -0.1) is 0 Å². The summed E-state index contributed by atoms with van der Waals surface area (Å²) in [4.78, 5) is 21.4. The van der Waals surface area contributed by atoms with E-state index in [1.54, 1.807) is 0 Å². The number of halogens is 2. The molecule has 0 aromatic heterocycles. The van der Waals surface area contributed by atoms with Crippen molar-refractivity contribution in [1.29, 1.82) is 0 Å². The van der Waals surface area contributed by atoms with Gasteiger partial charge in [0.2, 0.25) is 5.91 Å². The minimum absolute atomic E-state index is 0.126. The van der Waals surface area contributed by atoms with Gasteiger partial charge in [0.25, 0.3) is 0 Å². The van der Waals surface area contributed by atoms with Gasteiger partial charge in [0, 0.05) is 66.8 Å². The van der Waals surface area contributed by atoms with Crippen molar-refractivity contribution < 1.29 is 4.79 Å². The van der Waals surface area contributed by atoms with Crippen molar-refractivity contribution in [1.82, 2.24) is 20.0 Å². The Morgan fingerprint density at radius 2 is 1.46 bits per heavy atom. The van der Waals surface area contributed by atoms with Crippen molar-refractivity contribution in [2.75, 3.05) is 45.8 Å². The second-order valence-electron chi connectivity index (χ2n) is 12.9. The molecule has 1 amide bonds. The van der Waals surface area contributed by atoms with Crippen LogP contribution in [-0.4, -0.2) is 72.5 Å². The summed E-state index contributed by atoms with van der Waals surface area (Å²) in [5, 5.41) is 5.10. The van der Waals surface area contributed by atoms with Gasteiger partial charge in [-0.3, -0.25) is 9.69 Å². The summed E-state index contributed by atoms with van der Waals surface area (Å²) in [5.74, 6) is 0.685. The molecule has 4 rings (SSSR count). The second kappa shape index (κ2) is 17.4. The number of benzene rings is 3. The molecule has 3 atom stereocenters. The highest BCUT2D eigenvalue weighted by Crippen LogP contribution is 2.27. The van der Waals surface area contributed by atoms with E-state index >= 15 is 0 Å². The second-order valence-corrected chi connectivity index (χ2v) is 13.8. The number of hydrogen-bond acceptors (Lipinski definition) is 4. The molecule has 3 unspecified atom stereocenters. The van der Waals surface area contributed by atoms with E-state index in [2.05, 4.69) is 92.7 Å². The van der Waals surface area contributed by atoms with Gasteiger partial charge in [-0.2, -0.15) is 0 Å². The first-order valence-electron chi connectivity index (χ1n) is 16.8. The lowest BCUT2D eigenvalue weighted by molar-refractivity contribution is -0.135. The number of rotatable bonds is 15. The Kier molecular flexibility index (Phi) is 13.6. The van der Waals surface area contributed by atoms with Gasteiger partial charge in [0.15, 0.2) is 0 Å². The molecular formula is C39H52Cl2N4O. The fraction of sp³-hybridized carbons (Fsp3) is 0.462. The van der Waals surface area contributed by atoms with Crippen LogP contribution in [0.15, 0.2) is 85.1 Å². The van der Waals surface area contributed by atoms with Crippen molar-refractivity contribution in [2.45, 2.75) is 59.5 Å². The minimum Gasteiger partial charge on any atom is -0.377 e. The van der Waals surface area contributed by atoms with Crippen LogP contribution in [0.1, 0.15) is 56.0 Å². The van der Waals surface area contributed by atoms with E-state index in [-0.39, 0.29) is 17.9 Å². The Morgan fingerprint density at radius 1 is 0.870 bits per heavy atom. The van der Waals surface area contributed by atoms with Crippen LogP contribution in [0.2, 0.25) is 10.0 Å². The normalized spacial score (nSPS) is 16.0. The number of likely N-dealkylation sites (N-methyl/N-ethyl adjacent to an activating group) is 1. The van der Waals surface area contributed by atoms with Gasteiger partial charge in [-0.1, -0.05) is 106 Å². The molecule has 1 aliphatic heterocycles. The third-order valence-corrected chi connectivity index (χ3v) is 10.1. The van der Waals surface area contributed by atoms with Crippen LogP contribution < -0.4 is 5.32 Å². The average Bonchev–Trinajstić information content (AvgIpc) is 3.06. The van der Waals surface area contributed by atoms with Crippen molar-refractivity contribution in [3.63, 3.8) is 0 Å². The first-order chi connectivity index (χ1) is 22.1. The molecule has 0 aliphatic carbocycles. The van der Waals surface area contributed by atoms with Crippen LogP contribution in [0.5, 0.6) is 0 Å². The molecule has 7 heteroatoms. The summed E-state index contributed by atoms with van der Waals surface area (Å²) < 4.78 is 0. The number of aryl methyl sites for hydroxylation is 1. The minimum atomic E-state index is -0.416. The first-order valence-corrected chi connectivity index (χ1v) is 17.6. The summed E-state index contributed by atoms with van der Waals surface area (Å²) in [6.45, 7) is 21.5. The molecule has 0 radical (unpaired) electrons. The number of nitrogens with zero attached hydrogens (tertiary/aromatic N) is 3. The number of allylic oxidation sites excluding steroid dienone is 1. The lowest BCUT2D eigenvalue weighted by Crippen LogP contribution is -2.56. The maximum atomic E-state index is 14.3. The van der Waals surface area contributed by atoms with Gasteiger partial charge in [-0.05, 0) is 78.9 Å². The Labute approximate surface area is 287 Å². The van der Waals surface area contributed by atoms with Gasteiger partial charge < -0.3 is 15.1 Å². The Morgan fingerprint density at radius 3 is 2.02 bits per heavy atom. The number of amides is 1. The molecular weight excluding hydrogens is 611 g/mol. The summed E-state index contributed by atoms with van der Waals surface area (Å²) in [6.07, 6.45) is 1.45. The highest BCUT2D eigenvalue weighted by molar-refractivity contribution is 6.30. The van der Waals surface area contributed by atoms with Gasteiger partial charge in [0.1, 0.15) is 6.04 Å². The number of hydrogen-bond donors (Lipinski definition) is 1. The van der Waals surface area contributed by atoms with Crippen LogP contribution >= 0.6 is 23.2 Å². The highest BCUT2D eigenvalue weighted by Gasteiger charge is 2.32. The predicted octanol–water partition coefficient (Wildman–Crippen LogP) is 8.06. The van der Waals surface area contributed by atoms with E-state index in [1.807, 2.05) is 41.3 Å². The smallest absolute Gasteiger partial charge is 0.245 e. The Bertz CT molecular complexity index is 1400.